The lowest BCUT2D eigenvalue weighted by molar-refractivity contribution is -0.279. The van der Waals surface area contributed by atoms with Crippen molar-refractivity contribution >= 4 is 23.0 Å². The summed E-state index contributed by atoms with van der Waals surface area (Å²) in [6.07, 6.45) is -25.3. The van der Waals surface area contributed by atoms with Crippen LogP contribution in [0.3, 0.4) is 0 Å². The third kappa shape index (κ3) is 9.09. The van der Waals surface area contributed by atoms with Gasteiger partial charge in [-0.25, -0.2) is 4.79 Å². The number of benzene rings is 3. The molecule has 3 aromatic carbocycles. The van der Waals surface area contributed by atoms with Gasteiger partial charge in [-0.05, 0) is 55.0 Å². The summed E-state index contributed by atoms with van der Waals surface area (Å²) in [6, 6.07) is 11.7. The Morgan fingerprint density at radius 1 is 0.688 bits per heavy atom. The van der Waals surface area contributed by atoms with Gasteiger partial charge < -0.3 is 99.2 Å². The number of rotatable bonds is 11. The van der Waals surface area contributed by atoms with Crippen molar-refractivity contribution in [1.29, 1.82) is 0 Å². The molecule has 0 saturated carbocycles. The fourth-order valence-electron chi connectivity index (χ4n) is 7.40. The third-order valence-corrected chi connectivity index (χ3v) is 11.1. The molecule has 15 atom stereocenters. The average molecular weight is 903 g/mol. The molecule has 0 radical (unpaired) electrons. The lowest BCUT2D eigenvalue weighted by Crippen LogP contribution is -2.60. The number of aliphatic hydroxyl groups is 10. The molecule has 0 bridgehead atoms. The summed E-state index contributed by atoms with van der Waals surface area (Å²) in [5.41, 5.74) is -1.88. The van der Waals surface area contributed by atoms with Gasteiger partial charge in [-0.2, -0.15) is 0 Å². The van der Waals surface area contributed by atoms with E-state index in [9.17, 15) is 76.0 Å². The van der Waals surface area contributed by atoms with Gasteiger partial charge in [-0.15, -0.1) is 0 Å². The molecular formula is C42H46O22. The summed E-state index contributed by atoms with van der Waals surface area (Å²) >= 11 is 0. The monoisotopic (exact) mass is 902 g/mol. The molecule has 4 aromatic rings. The minimum absolute atomic E-state index is 0.00584. The zero-order valence-corrected chi connectivity index (χ0v) is 33.4. The average Bonchev–Trinajstić information content (AvgIpc) is 3.27. The molecule has 4 heterocycles. The number of phenols is 3. The SMILES string of the molecule is CC1OC(Oc2c(-c3ccc(O)cc3)oc3cc(OC4OC(COC(=O)C=Cc5ccc(O)cc5)C(O)C(O)C4O)c(C4OC(CO)C(O)C(O)C4O)c(O)c3c2=O)C(O)C(O)C1O. The van der Waals surface area contributed by atoms with E-state index < -0.39 is 156 Å². The number of ether oxygens (including phenoxy) is 6. The molecule has 22 nitrogen and oxygen atoms in total. The molecule has 0 spiro atoms. The molecule has 3 saturated heterocycles. The Morgan fingerprint density at radius 3 is 1.91 bits per heavy atom. The number of aliphatic hydroxyl groups excluding tert-OH is 10. The van der Waals surface area contributed by atoms with Crippen molar-refractivity contribution in [2.75, 3.05) is 13.2 Å². The Kier molecular flexibility index (Phi) is 13.8. The Labute approximate surface area is 360 Å². The molecule has 0 amide bonds. The quantitative estimate of drug-likeness (QED) is 0.0558. The van der Waals surface area contributed by atoms with E-state index in [2.05, 4.69) is 0 Å². The number of carbonyl (C=O) groups excluding carboxylic acids is 1. The van der Waals surface area contributed by atoms with Gasteiger partial charge in [0.25, 0.3) is 0 Å². The van der Waals surface area contributed by atoms with Gasteiger partial charge in [0.1, 0.15) is 114 Å². The van der Waals surface area contributed by atoms with Crippen LogP contribution in [0.15, 0.2) is 69.9 Å². The van der Waals surface area contributed by atoms with Gasteiger partial charge in [0.2, 0.25) is 23.8 Å². The number of hydrogen-bond donors (Lipinski definition) is 13. The first kappa shape index (κ1) is 46.5. The van der Waals surface area contributed by atoms with Gasteiger partial charge >= 0.3 is 5.97 Å². The lowest BCUT2D eigenvalue weighted by atomic mass is 9.89. The van der Waals surface area contributed by atoms with E-state index >= 15 is 0 Å². The van der Waals surface area contributed by atoms with Crippen LogP contribution in [0.1, 0.15) is 24.2 Å². The minimum Gasteiger partial charge on any atom is -0.508 e. The molecule has 64 heavy (non-hydrogen) atoms. The second kappa shape index (κ2) is 19.0. The molecule has 22 heteroatoms. The Balaban J connectivity index is 1.31. The lowest BCUT2D eigenvalue weighted by Gasteiger charge is -2.42. The van der Waals surface area contributed by atoms with Gasteiger partial charge in [-0.1, -0.05) is 12.1 Å². The van der Waals surface area contributed by atoms with E-state index in [1.165, 1.54) is 61.5 Å². The highest BCUT2D eigenvalue weighted by molar-refractivity contribution is 5.90. The minimum atomic E-state index is -2.14. The van der Waals surface area contributed by atoms with Crippen LogP contribution in [-0.2, 0) is 23.7 Å². The van der Waals surface area contributed by atoms with E-state index in [4.69, 9.17) is 32.8 Å². The zero-order valence-electron chi connectivity index (χ0n) is 33.4. The van der Waals surface area contributed by atoms with Crippen molar-refractivity contribution in [2.24, 2.45) is 0 Å². The fraction of sp³-hybridized carbons (Fsp3) is 0.429. The number of esters is 1. The summed E-state index contributed by atoms with van der Waals surface area (Å²) in [7, 11) is 0. The summed E-state index contributed by atoms with van der Waals surface area (Å²) < 4.78 is 40.1. The zero-order chi connectivity index (χ0) is 46.3. The number of aromatic hydroxyl groups is 3. The molecule has 3 fully saturated rings. The Morgan fingerprint density at radius 2 is 1.27 bits per heavy atom. The summed E-state index contributed by atoms with van der Waals surface area (Å²) in [5, 5.41) is 138. The molecule has 13 N–H and O–H groups in total. The highest BCUT2D eigenvalue weighted by Gasteiger charge is 2.49. The summed E-state index contributed by atoms with van der Waals surface area (Å²) in [6.45, 7) is -0.322. The molecule has 346 valence electrons. The maximum Gasteiger partial charge on any atom is 0.330 e. The molecule has 3 aliphatic heterocycles. The molecular weight excluding hydrogens is 856 g/mol. The van der Waals surface area contributed by atoms with E-state index in [0.29, 0.717) is 5.56 Å². The van der Waals surface area contributed by atoms with Crippen molar-refractivity contribution in [3.8, 4) is 40.1 Å². The highest BCUT2D eigenvalue weighted by Crippen LogP contribution is 2.47. The molecule has 1 aromatic heterocycles. The van der Waals surface area contributed by atoms with Crippen LogP contribution in [0.25, 0.3) is 28.4 Å². The van der Waals surface area contributed by atoms with Crippen LogP contribution in [0, 0.1) is 0 Å². The van der Waals surface area contributed by atoms with E-state index in [0.717, 1.165) is 12.1 Å². The normalized spacial score (nSPS) is 33.3. The van der Waals surface area contributed by atoms with Gasteiger partial charge in [-0.3, -0.25) is 4.79 Å². The first-order valence-electron chi connectivity index (χ1n) is 19.7. The van der Waals surface area contributed by atoms with Crippen molar-refractivity contribution in [2.45, 2.75) is 98.9 Å². The van der Waals surface area contributed by atoms with Crippen LogP contribution in [0.5, 0.6) is 28.7 Å². The maximum atomic E-state index is 14.6. The molecule has 3 aliphatic rings. The standard InChI is InChI=1S/C42H46O22/c1-15-27(47)32(52)36(56)41(59-15)64-40-31(51)25-20(60-38(40)17-5-9-19(45)10-6-17)12-21(26(30(25)50)39-35(55)33(53)28(48)22(13-43)61-39)62-42-37(57)34(54)29(49)23(63-42)14-58-24(46)11-4-16-2-7-18(44)8-3-16/h2-12,15,22-23,27-29,32-37,39,41-45,47-50,52-57H,13-14H2,1H3. The smallest absolute Gasteiger partial charge is 0.330 e. The van der Waals surface area contributed by atoms with Crippen LogP contribution < -0.4 is 14.9 Å². The van der Waals surface area contributed by atoms with Gasteiger partial charge in [0.05, 0.1) is 18.3 Å². The van der Waals surface area contributed by atoms with Gasteiger partial charge in [0.15, 0.2) is 5.76 Å². The first-order valence-corrected chi connectivity index (χ1v) is 19.7. The topological polar surface area (TPSA) is 366 Å². The Bertz CT molecular complexity index is 2370. The number of hydrogen-bond acceptors (Lipinski definition) is 22. The number of phenolic OH excluding ortho intramolecular Hbond substituents is 3. The predicted octanol–water partition coefficient (Wildman–Crippen LogP) is -2.26. The predicted molar refractivity (Wildman–Crippen MR) is 212 cm³/mol. The summed E-state index contributed by atoms with van der Waals surface area (Å²) in [5.74, 6) is -4.10. The van der Waals surface area contributed by atoms with Crippen molar-refractivity contribution < 1.29 is 104 Å². The van der Waals surface area contributed by atoms with Crippen LogP contribution in [-0.4, -0.2) is 171 Å². The molecule has 0 aliphatic carbocycles. The van der Waals surface area contributed by atoms with Crippen molar-refractivity contribution in [3.63, 3.8) is 0 Å². The van der Waals surface area contributed by atoms with Crippen LogP contribution in [0.2, 0.25) is 0 Å². The first-order chi connectivity index (χ1) is 30.4. The van der Waals surface area contributed by atoms with Crippen LogP contribution in [0.4, 0.5) is 0 Å². The second-order valence-corrected chi connectivity index (χ2v) is 15.4. The fourth-order valence-corrected chi connectivity index (χ4v) is 7.40. The highest BCUT2D eigenvalue weighted by atomic mass is 16.7. The number of carbonyl (C=O) groups is 1. The molecule has 7 rings (SSSR count). The van der Waals surface area contributed by atoms with Gasteiger partial charge in [0, 0.05) is 17.7 Å². The van der Waals surface area contributed by atoms with E-state index in [1.807, 2.05) is 0 Å². The Hall–Kier alpha value is -5.44. The third-order valence-electron chi connectivity index (χ3n) is 11.1. The van der Waals surface area contributed by atoms with Crippen LogP contribution >= 0.6 is 0 Å². The second-order valence-electron chi connectivity index (χ2n) is 15.4. The molecule has 15 unspecified atom stereocenters. The van der Waals surface area contributed by atoms with Crippen molar-refractivity contribution in [3.05, 3.63) is 82.0 Å². The van der Waals surface area contributed by atoms with E-state index in [1.54, 1.807) is 0 Å². The largest absolute Gasteiger partial charge is 0.508 e. The number of fused-ring (bicyclic) bond motifs is 1. The van der Waals surface area contributed by atoms with Crippen molar-refractivity contribution in [1.82, 2.24) is 0 Å². The maximum absolute atomic E-state index is 14.6. The summed E-state index contributed by atoms with van der Waals surface area (Å²) in [4.78, 5) is 27.2. The van der Waals surface area contributed by atoms with E-state index in [-0.39, 0.29) is 17.1 Å².